The highest BCUT2D eigenvalue weighted by Crippen LogP contribution is 2.06. The Morgan fingerprint density at radius 1 is 0.815 bits per heavy atom. The molecule has 0 unspecified atom stereocenters. The Kier molecular flexibility index (Phi) is 10.5. The monoisotopic (exact) mass is 374 g/mol. The van der Waals surface area contributed by atoms with E-state index in [1.807, 2.05) is 70.8 Å². The first kappa shape index (κ1) is 22.4. The fourth-order valence-corrected chi connectivity index (χ4v) is 1.90. The number of nitrogens with zero attached hydrogens (tertiary/aromatic N) is 4. The molecule has 0 fully saturated rings. The molecule has 1 aromatic carbocycles. The van der Waals surface area contributed by atoms with E-state index in [1.165, 1.54) is 5.56 Å². The van der Waals surface area contributed by atoms with Gasteiger partial charge in [-0.1, -0.05) is 24.3 Å². The molecule has 27 heavy (non-hydrogen) atoms. The molecule has 1 heterocycles. The summed E-state index contributed by atoms with van der Waals surface area (Å²) < 4.78 is 15.3. The van der Waals surface area contributed by atoms with Crippen LogP contribution in [0.25, 0.3) is 0 Å². The summed E-state index contributed by atoms with van der Waals surface area (Å²) in [5, 5.41) is 11.7. The number of hydrazone groups is 2. The highest BCUT2D eigenvalue weighted by atomic mass is 16.5. The van der Waals surface area contributed by atoms with Crippen molar-refractivity contribution in [2.75, 3.05) is 42.4 Å². The van der Waals surface area contributed by atoms with Crippen molar-refractivity contribution in [2.45, 2.75) is 13.2 Å². The summed E-state index contributed by atoms with van der Waals surface area (Å²) in [6, 6.07) is 11.9. The van der Waals surface area contributed by atoms with Crippen LogP contribution in [-0.2, 0) is 22.7 Å². The molecule has 2 aromatic rings. The second-order valence-electron chi connectivity index (χ2n) is 6.10. The number of hydrogen-bond donors (Lipinski definition) is 0. The van der Waals surface area contributed by atoms with E-state index in [1.54, 1.807) is 30.5 Å². The molecule has 0 radical (unpaired) electrons. The molecule has 148 valence electrons. The Balaban J connectivity index is 0.000000271. The maximum Gasteiger partial charge on any atom is 0.147 e. The van der Waals surface area contributed by atoms with Crippen molar-refractivity contribution in [2.24, 2.45) is 10.2 Å². The van der Waals surface area contributed by atoms with Gasteiger partial charge >= 0.3 is 0 Å². The van der Waals surface area contributed by atoms with Gasteiger partial charge in [-0.3, -0.25) is 0 Å². The van der Waals surface area contributed by atoms with Gasteiger partial charge in [-0.2, -0.15) is 10.2 Å². The van der Waals surface area contributed by atoms with Crippen molar-refractivity contribution >= 4 is 12.4 Å². The first-order valence-electron chi connectivity index (χ1n) is 8.52. The van der Waals surface area contributed by atoms with Gasteiger partial charge in [0.1, 0.15) is 18.1 Å². The zero-order valence-corrected chi connectivity index (χ0v) is 17.0. The predicted molar refractivity (Wildman–Crippen MR) is 109 cm³/mol. The molecule has 0 N–H and O–H groups in total. The molecule has 0 spiro atoms. The molecule has 0 aliphatic heterocycles. The van der Waals surface area contributed by atoms with Crippen LogP contribution < -0.4 is 0 Å². The molecule has 0 saturated carbocycles. The van der Waals surface area contributed by atoms with Gasteiger partial charge in [-0.05, 0) is 23.3 Å². The first-order chi connectivity index (χ1) is 12.9. The third-order valence-corrected chi connectivity index (χ3v) is 3.11. The zero-order chi connectivity index (χ0) is 20.1. The van der Waals surface area contributed by atoms with Gasteiger partial charge in [0.2, 0.25) is 0 Å². The summed E-state index contributed by atoms with van der Waals surface area (Å²) in [7, 11) is 10.8. The van der Waals surface area contributed by atoms with E-state index in [9.17, 15) is 0 Å². The van der Waals surface area contributed by atoms with Crippen LogP contribution in [0.3, 0.4) is 0 Å². The molecule has 0 amide bonds. The number of benzene rings is 1. The van der Waals surface area contributed by atoms with Crippen molar-refractivity contribution in [1.29, 1.82) is 0 Å². The maximum atomic E-state index is 5.37. The minimum absolute atomic E-state index is 0.496. The highest BCUT2D eigenvalue weighted by Gasteiger charge is 1.98. The number of hydrogen-bond acceptors (Lipinski definition) is 7. The Morgan fingerprint density at radius 3 is 1.96 bits per heavy atom. The lowest BCUT2D eigenvalue weighted by atomic mass is 10.1. The molecule has 7 heteroatoms. The smallest absolute Gasteiger partial charge is 0.147 e. The quantitative estimate of drug-likeness (QED) is 0.525. The van der Waals surface area contributed by atoms with Crippen molar-refractivity contribution in [3.05, 3.63) is 59.0 Å². The molecule has 0 aliphatic rings. The molecule has 0 saturated heterocycles. The van der Waals surface area contributed by atoms with Crippen LogP contribution in [0.1, 0.15) is 22.6 Å². The van der Waals surface area contributed by atoms with Crippen molar-refractivity contribution in [3.8, 4) is 0 Å². The minimum Gasteiger partial charge on any atom is -0.458 e. The van der Waals surface area contributed by atoms with Crippen LogP contribution in [0.2, 0.25) is 0 Å². The topological polar surface area (TPSA) is 62.8 Å². The summed E-state index contributed by atoms with van der Waals surface area (Å²) in [6.45, 7) is 1.15. The second kappa shape index (κ2) is 12.7. The third kappa shape index (κ3) is 10.2. The summed E-state index contributed by atoms with van der Waals surface area (Å²) in [4.78, 5) is 0. The highest BCUT2D eigenvalue weighted by molar-refractivity contribution is 5.79. The van der Waals surface area contributed by atoms with E-state index < -0.39 is 0 Å². The lowest BCUT2D eigenvalue weighted by molar-refractivity contribution is 0.164. The van der Waals surface area contributed by atoms with Crippen LogP contribution >= 0.6 is 0 Å². The summed E-state index contributed by atoms with van der Waals surface area (Å²) in [5.41, 5.74) is 2.27. The zero-order valence-electron chi connectivity index (χ0n) is 17.0. The van der Waals surface area contributed by atoms with Gasteiger partial charge in [0.15, 0.2) is 0 Å². The number of methoxy groups -OCH3 is 2. The largest absolute Gasteiger partial charge is 0.458 e. The molecular weight excluding hydrogens is 344 g/mol. The summed E-state index contributed by atoms with van der Waals surface area (Å²) >= 11 is 0. The average Bonchev–Trinajstić information content (AvgIpc) is 3.08. The van der Waals surface area contributed by atoms with Gasteiger partial charge in [0, 0.05) is 42.4 Å². The third-order valence-electron chi connectivity index (χ3n) is 3.11. The van der Waals surface area contributed by atoms with Gasteiger partial charge < -0.3 is 23.9 Å². The van der Waals surface area contributed by atoms with Crippen molar-refractivity contribution in [1.82, 2.24) is 10.0 Å². The normalized spacial score (nSPS) is 10.9. The standard InChI is InChI=1S/C11H16N2O.C9H14N2O2/c1-13(2)12-8-10-4-6-11(7-5-10)9-14-3;1-11(2)10-6-8-4-5-9(13-8)7-12-3/h4-8H,9H2,1-3H3;4-6H,7H2,1-3H3/b12-8+;10-6+. The maximum absolute atomic E-state index is 5.37. The molecule has 0 aliphatic carbocycles. The van der Waals surface area contributed by atoms with Gasteiger partial charge in [-0.25, -0.2) is 0 Å². The van der Waals surface area contributed by atoms with Crippen molar-refractivity contribution in [3.63, 3.8) is 0 Å². The molecule has 0 atom stereocenters. The van der Waals surface area contributed by atoms with E-state index >= 15 is 0 Å². The fraction of sp³-hybridized carbons (Fsp3) is 0.400. The van der Waals surface area contributed by atoms with E-state index in [0.29, 0.717) is 13.2 Å². The second-order valence-corrected chi connectivity index (χ2v) is 6.10. The number of ether oxygens (including phenoxy) is 2. The average molecular weight is 374 g/mol. The Morgan fingerprint density at radius 2 is 1.41 bits per heavy atom. The molecule has 2 rings (SSSR count). The van der Waals surface area contributed by atoms with E-state index in [2.05, 4.69) is 10.2 Å². The SMILES string of the molecule is COCc1ccc(/C=N/N(C)C)cc1.COCc1ccc(/C=N/N(C)C)o1. The minimum atomic E-state index is 0.496. The van der Waals surface area contributed by atoms with Gasteiger partial charge in [0.25, 0.3) is 0 Å². The van der Waals surface area contributed by atoms with E-state index in [0.717, 1.165) is 17.1 Å². The van der Waals surface area contributed by atoms with Gasteiger partial charge in [0.05, 0.1) is 19.0 Å². The molecule has 0 bridgehead atoms. The van der Waals surface area contributed by atoms with Gasteiger partial charge in [-0.15, -0.1) is 0 Å². The number of furan rings is 1. The molecule has 1 aromatic heterocycles. The molecular formula is C20H30N4O3. The van der Waals surface area contributed by atoms with Crippen molar-refractivity contribution < 1.29 is 13.9 Å². The van der Waals surface area contributed by atoms with E-state index in [4.69, 9.17) is 13.9 Å². The van der Waals surface area contributed by atoms with Crippen LogP contribution in [0.15, 0.2) is 51.0 Å². The first-order valence-corrected chi connectivity index (χ1v) is 8.52. The van der Waals surface area contributed by atoms with Crippen LogP contribution in [0.4, 0.5) is 0 Å². The summed E-state index contributed by atoms with van der Waals surface area (Å²) in [6.07, 6.45) is 3.50. The lowest BCUT2D eigenvalue weighted by Crippen LogP contribution is -2.01. The van der Waals surface area contributed by atoms with Crippen LogP contribution in [0.5, 0.6) is 0 Å². The lowest BCUT2D eigenvalue weighted by Gasteiger charge is -2.03. The Bertz CT molecular complexity index is 692. The predicted octanol–water partition coefficient (Wildman–Crippen LogP) is 3.05. The number of rotatable bonds is 8. The summed E-state index contributed by atoms with van der Waals surface area (Å²) in [5.74, 6) is 1.54. The fourth-order valence-electron chi connectivity index (χ4n) is 1.90. The van der Waals surface area contributed by atoms with Crippen LogP contribution in [0, 0.1) is 0 Å². The molecule has 7 nitrogen and oxygen atoms in total. The Hall–Kier alpha value is -2.64. The van der Waals surface area contributed by atoms with Crippen LogP contribution in [-0.4, -0.2) is 64.9 Å². The van der Waals surface area contributed by atoms with E-state index in [-0.39, 0.29) is 0 Å². The Labute approximate surface area is 161 Å².